The maximum absolute atomic E-state index is 12.0. The molecule has 5 heteroatoms. The van der Waals surface area contributed by atoms with E-state index in [1.54, 1.807) is 12.4 Å². The first-order chi connectivity index (χ1) is 15.6. The molecule has 32 heavy (non-hydrogen) atoms. The van der Waals surface area contributed by atoms with E-state index in [1.165, 1.54) is 43.5 Å². The van der Waals surface area contributed by atoms with Gasteiger partial charge < -0.3 is 10.2 Å². The minimum atomic E-state index is -0.0843. The first kappa shape index (κ1) is 24.4. The SMILES string of the molecule is CC.CCCC(=O)c1cnc(NC2(c3ccc(C4CCN(CC)CC4)cc3)CCC2)nc1. The lowest BCUT2D eigenvalue weighted by atomic mass is 9.71. The van der Waals surface area contributed by atoms with Gasteiger partial charge >= 0.3 is 0 Å². The van der Waals surface area contributed by atoms with Crippen LogP contribution in [0, 0.1) is 0 Å². The van der Waals surface area contributed by atoms with Crippen molar-refractivity contribution in [2.45, 2.75) is 84.1 Å². The number of benzene rings is 1. The van der Waals surface area contributed by atoms with Crippen molar-refractivity contribution in [3.05, 3.63) is 53.3 Å². The van der Waals surface area contributed by atoms with Crippen molar-refractivity contribution in [3.8, 4) is 0 Å². The molecule has 0 atom stereocenters. The smallest absolute Gasteiger partial charge is 0.223 e. The molecule has 174 valence electrons. The van der Waals surface area contributed by atoms with Crippen molar-refractivity contribution < 1.29 is 4.79 Å². The molecule has 1 saturated heterocycles. The molecule has 5 nitrogen and oxygen atoms in total. The third-order valence-corrected chi connectivity index (χ3v) is 6.98. The highest BCUT2D eigenvalue weighted by atomic mass is 16.1. The van der Waals surface area contributed by atoms with Crippen molar-refractivity contribution >= 4 is 11.7 Å². The second kappa shape index (κ2) is 11.6. The molecule has 0 bridgehead atoms. The minimum absolute atomic E-state index is 0.0843. The van der Waals surface area contributed by atoms with Crippen molar-refractivity contribution in [2.75, 3.05) is 25.0 Å². The van der Waals surface area contributed by atoms with E-state index in [0.29, 0.717) is 23.9 Å². The zero-order chi connectivity index (χ0) is 23.0. The van der Waals surface area contributed by atoms with Gasteiger partial charge in [0.1, 0.15) is 0 Å². The molecule has 1 aliphatic carbocycles. The molecular weight excluding hydrogens is 396 g/mol. The third-order valence-electron chi connectivity index (χ3n) is 6.98. The summed E-state index contributed by atoms with van der Waals surface area (Å²) in [5, 5.41) is 3.58. The van der Waals surface area contributed by atoms with Crippen molar-refractivity contribution in [1.29, 1.82) is 0 Å². The van der Waals surface area contributed by atoms with Gasteiger partial charge in [0.25, 0.3) is 0 Å². The van der Waals surface area contributed by atoms with Crippen LogP contribution in [-0.4, -0.2) is 40.3 Å². The summed E-state index contributed by atoms with van der Waals surface area (Å²) in [5.74, 6) is 1.41. The summed E-state index contributed by atoms with van der Waals surface area (Å²) in [6.45, 7) is 11.8. The van der Waals surface area contributed by atoms with E-state index >= 15 is 0 Å². The summed E-state index contributed by atoms with van der Waals surface area (Å²) in [5.41, 5.74) is 3.31. The van der Waals surface area contributed by atoms with E-state index in [0.717, 1.165) is 25.8 Å². The summed E-state index contributed by atoms with van der Waals surface area (Å²) in [6, 6.07) is 9.26. The number of carbonyl (C=O) groups is 1. The van der Waals surface area contributed by atoms with E-state index in [-0.39, 0.29) is 11.3 Å². The zero-order valence-electron chi connectivity index (χ0n) is 20.4. The molecule has 1 aromatic carbocycles. The number of rotatable bonds is 8. The predicted molar refractivity (Wildman–Crippen MR) is 132 cm³/mol. The Balaban J connectivity index is 0.00000141. The molecule has 2 aliphatic rings. The fourth-order valence-corrected chi connectivity index (χ4v) is 4.80. The fourth-order valence-electron chi connectivity index (χ4n) is 4.80. The van der Waals surface area contributed by atoms with Crippen LogP contribution in [0.1, 0.15) is 100 Å². The summed E-state index contributed by atoms with van der Waals surface area (Å²) in [4.78, 5) is 23.4. The molecule has 1 aromatic heterocycles. The first-order valence-electron chi connectivity index (χ1n) is 12.6. The summed E-state index contributed by atoms with van der Waals surface area (Å²) in [6.07, 6.45) is 10.6. The Hall–Kier alpha value is -2.27. The molecule has 1 aliphatic heterocycles. The predicted octanol–water partition coefficient (Wildman–Crippen LogP) is 6.18. The second-order valence-electron chi connectivity index (χ2n) is 8.86. The lowest BCUT2D eigenvalue weighted by Crippen LogP contribution is -2.42. The van der Waals surface area contributed by atoms with Crippen molar-refractivity contribution in [2.24, 2.45) is 0 Å². The molecule has 2 heterocycles. The first-order valence-corrected chi connectivity index (χ1v) is 12.6. The van der Waals surface area contributed by atoms with E-state index in [1.807, 2.05) is 20.8 Å². The summed E-state index contributed by atoms with van der Waals surface area (Å²) >= 11 is 0. The van der Waals surface area contributed by atoms with Gasteiger partial charge in [-0.3, -0.25) is 4.79 Å². The van der Waals surface area contributed by atoms with Crippen molar-refractivity contribution in [1.82, 2.24) is 14.9 Å². The fraction of sp³-hybridized carbons (Fsp3) is 0.593. The van der Waals surface area contributed by atoms with E-state index < -0.39 is 0 Å². The van der Waals surface area contributed by atoms with Gasteiger partial charge in [-0.05, 0) is 75.2 Å². The molecular formula is C27H40N4O. The average Bonchev–Trinajstić information content (AvgIpc) is 2.83. The van der Waals surface area contributed by atoms with Gasteiger partial charge in [-0.2, -0.15) is 0 Å². The van der Waals surface area contributed by atoms with Crippen LogP contribution in [0.2, 0.25) is 0 Å². The highest BCUT2D eigenvalue weighted by Crippen LogP contribution is 2.44. The lowest BCUT2D eigenvalue weighted by Gasteiger charge is -2.43. The standard InChI is InChI=1S/C25H34N4O.C2H6/c1-3-6-23(30)21-17-26-24(27-18-21)28-25(13-5-14-25)22-9-7-19(8-10-22)20-11-15-29(4-2)16-12-20;1-2/h7-10,17-18,20H,3-6,11-16H2,1-2H3,(H,26,27,28);1-2H3. The van der Waals surface area contributed by atoms with Crippen LogP contribution in [0.4, 0.5) is 5.95 Å². The Morgan fingerprint density at radius 1 is 1.06 bits per heavy atom. The maximum atomic E-state index is 12.0. The normalized spacial score (nSPS) is 18.2. The molecule has 1 saturated carbocycles. The number of piperidine rings is 1. The van der Waals surface area contributed by atoms with Crippen LogP contribution in [0.5, 0.6) is 0 Å². The Bertz CT molecular complexity index is 835. The van der Waals surface area contributed by atoms with Crippen molar-refractivity contribution in [3.63, 3.8) is 0 Å². The number of nitrogens with zero attached hydrogens (tertiary/aromatic N) is 3. The van der Waals surface area contributed by atoms with Crippen LogP contribution in [0.25, 0.3) is 0 Å². The van der Waals surface area contributed by atoms with Gasteiger partial charge in [-0.1, -0.05) is 52.0 Å². The monoisotopic (exact) mass is 436 g/mol. The largest absolute Gasteiger partial charge is 0.345 e. The Morgan fingerprint density at radius 2 is 1.69 bits per heavy atom. The average molecular weight is 437 g/mol. The number of hydrogen-bond acceptors (Lipinski definition) is 5. The highest BCUT2D eigenvalue weighted by Gasteiger charge is 2.39. The molecule has 1 N–H and O–H groups in total. The number of Topliss-reactive ketones (excluding diaryl/α,β-unsaturated/α-hetero) is 1. The minimum Gasteiger partial charge on any atom is -0.345 e. The lowest BCUT2D eigenvalue weighted by molar-refractivity contribution is 0.0981. The maximum Gasteiger partial charge on any atom is 0.223 e. The molecule has 0 radical (unpaired) electrons. The molecule has 2 aromatic rings. The van der Waals surface area contributed by atoms with Crippen LogP contribution >= 0.6 is 0 Å². The highest BCUT2D eigenvalue weighted by molar-refractivity contribution is 5.95. The second-order valence-corrected chi connectivity index (χ2v) is 8.86. The van der Waals surface area contributed by atoms with Gasteiger partial charge in [0.2, 0.25) is 5.95 Å². The number of likely N-dealkylation sites (tertiary alicyclic amines) is 1. The number of carbonyl (C=O) groups excluding carboxylic acids is 1. The van der Waals surface area contributed by atoms with Gasteiger partial charge in [-0.25, -0.2) is 9.97 Å². The number of anilines is 1. The number of nitrogens with one attached hydrogen (secondary N) is 1. The van der Waals surface area contributed by atoms with Crippen LogP contribution in [-0.2, 0) is 5.54 Å². The van der Waals surface area contributed by atoms with Gasteiger partial charge in [-0.15, -0.1) is 0 Å². The van der Waals surface area contributed by atoms with Gasteiger partial charge in [0, 0.05) is 18.8 Å². The van der Waals surface area contributed by atoms with Gasteiger partial charge in [0.05, 0.1) is 11.1 Å². The van der Waals surface area contributed by atoms with Gasteiger partial charge in [0.15, 0.2) is 5.78 Å². The Labute approximate surface area is 194 Å². The molecule has 0 amide bonds. The Morgan fingerprint density at radius 3 is 2.19 bits per heavy atom. The number of ketones is 1. The quantitative estimate of drug-likeness (QED) is 0.501. The van der Waals surface area contributed by atoms with E-state index in [4.69, 9.17) is 0 Å². The molecule has 4 rings (SSSR count). The van der Waals surface area contributed by atoms with E-state index in [2.05, 4.69) is 51.4 Å². The molecule has 0 spiro atoms. The van der Waals surface area contributed by atoms with E-state index in [9.17, 15) is 4.79 Å². The number of hydrogen-bond donors (Lipinski definition) is 1. The summed E-state index contributed by atoms with van der Waals surface area (Å²) < 4.78 is 0. The zero-order valence-corrected chi connectivity index (χ0v) is 20.4. The molecule has 2 fully saturated rings. The third kappa shape index (κ3) is 5.55. The van der Waals surface area contributed by atoms with Crippen LogP contribution < -0.4 is 5.32 Å². The number of aromatic nitrogens is 2. The molecule has 0 unspecified atom stereocenters. The summed E-state index contributed by atoms with van der Waals surface area (Å²) in [7, 11) is 0. The Kier molecular flexibility index (Phi) is 8.80. The van der Waals surface area contributed by atoms with Crippen LogP contribution in [0.3, 0.4) is 0 Å². The topological polar surface area (TPSA) is 58.1 Å². The van der Waals surface area contributed by atoms with Crippen LogP contribution in [0.15, 0.2) is 36.7 Å².